The number of aliphatic imine (C=N–C) groups is 1. The smallest absolute Gasteiger partial charge is 0.270 e. The van der Waals surface area contributed by atoms with Gasteiger partial charge in [-0.05, 0) is 42.0 Å². The summed E-state index contributed by atoms with van der Waals surface area (Å²) >= 11 is 0. The number of aromatic nitrogens is 2. The Kier molecular flexibility index (Phi) is 7.45. The molecule has 9 heteroatoms. The van der Waals surface area contributed by atoms with Crippen LogP contribution in [0.3, 0.4) is 0 Å². The third kappa shape index (κ3) is 6.06. The van der Waals surface area contributed by atoms with E-state index in [-0.39, 0.29) is 18.6 Å². The summed E-state index contributed by atoms with van der Waals surface area (Å²) in [6.07, 6.45) is 1.70. The lowest BCUT2D eigenvalue weighted by Crippen LogP contribution is -2.14. The number of rotatable bonds is 9. The van der Waals surface area contributed by atoms with Crippen molar-refractivity contribution < 1.29 is 23.0 Å². The molecule has 1 aromatic heterocycles. The van der Waals surface area contributed by atoms with Crippen molar-refractivity contribution in [2.24, 2.45) is 17.8 Å². The average Bonchev–Trinajstić information content (AvgIpc) is 3.15. The van der Waals surface area contributed by atoms with E-state index in [4.69, 9.17) is 15.2 Å². The topological polar surface area (TPSA) is 91.7 Å². The van der Waals surface area contributed by atoms with Gasteiger partial charge in [0.15, 0.2) is 0 Å². The van der Waals surface area contributed by atoms with Gasteiger partial charge in [-0.3, -0.25) is 14.5 Å². The molecular formula is C25H26F2N4O3. The number of benzene rings is 2. The molecule has 0 saturated carbocycles. The number of hydrogen-bond acceptors (Lipinski definition) is 5. The van der Waals surface area contributed by atoms with Crippen LogP contribution in [0.15, 0.2) is 66.3 Å². The molecule has 34 heavy (non-hydrogen) atoms. The molecule has 0 saturated heterocycles. The second-order valence-electron chi connectivity index (χ2n) is 7.73. The second-order valence-corrected chi connectivity index (χ2v) is 7.73. The zero-order chi connectivity index (χ0) is 24.9. The number of primary amides is 1. The maximum atomic E-state index is 13.4. The van der Waals surface area contributed by atoms with Crippen LogP contribution in [0, 0.1) is 0 Å². The standard InChI is InChI=1S/C25H26F2N4O3/c1-16(34-24(29-3)18-7-5-6-17(12-18)13-23(28)32)21-14-30-31(4)22(21)15-33-20-10-8-19(9-11-20)25(2,26)27/h5-12,14H,1,13,15H2,2-4H3,(H2,28,32). The number of amides is 1. The van der Waals surface area contributed by atoms with Crippen molar-refractivity contribution in [1.82, 2.24) is 9.78 Å². The largest absolute Gasteiger partial charge is 0.487 e. The second kappa shape index (κ2) is 10.3. The maximum Gasteiger partial charge on any atom is 0.270 e. The molecule has 0 unspecified atom stereocenters. The van der Waals surface area contributed by atoms with Gasteiger partial charge in [0.2, 0.25) is 11.8 Å². The number of hydrogen-bond donors (Lipinski definition) is 1. The van der Waals surface area contributed by atoms with Gasteiger partial charge >= 0.3 is 0 Å². The summed E-state index contributed by atoms with van der Waals surface area (Å²) in [5.74, 6) is -2.30. The van der Waals surface area contributed by atoms with E-state index in [1.807, 2.05) is 0 Å². The third-order valence-corrected chi connectivity index (χ3v) is 5.07. The molecule has 0 bridgehead atoms. The monoisotopic (exact) mass is 468 g/mol. The van der Waals surface area contributed by atoms with Gasteiger partial charge in [0.05, 0.1) is 23.9 Å². The highest BCUT2D eigenvalue weighted by atomic mass is 19.3. The lowest BCUT2D eigenvalue weighted by Gasteiger charge is -2.14. The summed E-state index contributed by atoms with van der Waals surface area (Å²) in [5.41, 5.74) is 7.88. The first-order valence-electron chi connectivity index (χ1n) is 10.4. The van der Waals surface area contributed by atoms with E-state index in [2.05, 4.69) is 16.7 Å². The normalized spacial score (nSPS) is 11.9. The molecule has 0 spiro atoms. The maximum absolute atomic E-state index is 13.4. The minimum atomic E-state index is -2.92. The third-order valence-electron chi connectivity index (χ3n) is 5.07. The van der Waals surface area contributed by atoms with Crippen molar-refractivity contribution in [1.29, 1.82) is 0 Å². The minimum Gasteiger partial charge on any atom is -0.487 e. The quantitative estimate of drug-likeness (QED) is 0.289. The summed E-state index contributed by atoms with van der Waals surface area (Å²) < 4.78 is 40.2. The van der Waals surface area contributed by atoms with E-state index in [0.29, 0.717) is 34.2 Å². The molecule has 0 atom stereocenters. The van der Waals surface area contributed by atoms with Crippen molar-refractivity contribution in [3.8, 4) is 5.75 Å². The van der Waals surface area contributed by atoms with E-state index >= 15 is 0 Å². The highest BCUT2D eigenvalue weighted by molar-refractivity contribution is 5.97. The van der Waals surface area contributed by atoms with Crippen molar-refractivity contribution >= 4 is 17.6 Å². The summed E-state index contributed by atoms with van der Waals surface area (Å²) in [4.78, 5) is 15.4. The van der Waals surface area contributed by atoms with Gasteiger partial charge in [0.25, 0.3) is 5.92 Å². The number of aryl methyl sites for hydroxylation is 1. The first kappa shape index (κ1) is 24.6. The lowest BCUT2D eigenvalue weighted by atomic mass is 10.1. The average molecular weight is 469 g/mol. The van der Waals surface area contributed by atoms with Gasteiger partial charge in [-0.2, -0.15) is 5.10 Å². The highest BCUT2D eigenvalue weighted by Crippen LogP contribution is 2.29. The van der Waals surface area contributed by atoms with Crippen molar-refractivity contribution in [3.63, 3.8) is 0 Å². The summed E-state index contributed by atoms with van der Waals surface area (Å²) in [5, 5.41) is 4.25. The Morgan fingerprint density at radius 2 is 1.94 bits per heavy atom. The zero-order valence-electron chi connectivity index (χ0n) is 19.2. The fraction of sp³-hybridized carbons (Fsp3) is 0.240. The molecule has 0 aliphatic heterocycles. The van der Waals surface area contributed by atoms with Crippen LogP contribution in [0.5, 0.6) is 5.75 Å². The highest BCUT2D eigenvalue weighted by Gasteiger charge is 2.24. The lowest BCUT2D eigenvalue weighted by molar-refractivity contribution is -0.117. The zero-order valence-corrected chi connectivity index (χ0v) is 19.2. The Morgan fingerprint density at radius 3 is 2.56 bits per heavy atom. The van der Waals surface area contributed by atoms with E-state index in [1.54, 1.807) is 49.2 Å². The molecule has 3 rings (SSSR count). The Labute approximate surface area is 196 Å². The number of nitrogens with zero attached hydrogens (tertiary/aromatic N) is 3. The van der Waals surface area contributed by atoms with Crippen LogP contribution in [-0.4, -0.2) is 28.6 Å². The molecule has 2 N–H and O–H groups in total. The Morgan fingerprint density at radius 1 is 1.24 bits per heavy atom. The Bertz CT molecular complexity index is 1210. The van der Waals surface area contributed by atoms with Gasteiger partial charge in [0.1, 0.15) is 18.1 Å². The van der Waals surface area contributed by atoms with Crippen LogP contribution in [0.4, 0.5) is 8.78 Å². The van der Waals surface area contributed by atoms with Crippen LogP contribution in [0.2, 0.25) is 0 Å². The van der Waals surface area contributed by atoms with Crippen molar-refractivity contribution in [2.45, 2.75) is 25.9 Å². The Hall–Kier alpha value is -4.01. The molecule has 0 aliphatic carbocycles. The summed E-state index contributed by atoms with van der Waals surface area (Å²) in [7, 11) is 3.33. The SMILES string of the molecule is C=C(OC(=NC)c1cccc(CC(N)=O)c1)c1cnn(C)c1COc1ccc(C(C)(F)F)cc1. The molecule has 0 aliphatic rings. The molecule has 0 radical (unpaired) electrons. The molecule has 1 heterocycles. The first-order chi connectivity index (χ1) is 16.1. The number of nitrogens with two attached hydrogens (primary N) is 1. The molecule has 2 aromatic carbocycles. The van der Waals surface area contributed by atoms with E-state index in [0.717, 1.165) is 12.5 Å². The number of halogens is 2. The molecule has 7 nitrogen and oxygen atoms in total. The fourth-order valence-corrected chi connectivity index (χ4v) is 3.28. The molecule has 178 valence electrons. The minimum absolute atomic E-state index is 0.0888. The van der Waals surface area contributed by atoms with Gasteiger partial charge in [-0.25, -0.2) is 8.78 Å². The number of ether oxygens (including phenoxy) is 2. The van der Waals surface area contributed by atoms with Gasteiger partial charge in [-0.1, -0.05) is 18.7 Å². The predicted molar refractivity (Wildman–Crippen MR) is 125 cm³/mol. The first-order valence-corrected chi connectivity index (χ1v) is 10.4. The van der Waals surface area contributed by atoms with Crippen LogP contribution in [-0.2, 0) is 35.5 Å². The van der Waals surface area contributed by atoms with Crippen molar-refractivity contribution in [3.05, 3.63) is 89.3 Å². The van der Waals surface area contributed by atoms with Crippen LogP contribution in [0.25, 0.3) is 5.76 Å². The van der Waals surface area contributed by atoms with E-state index in [9.17, 15) is 13.6 Å². The van der Waals surface area contributed by atoms with Crippen LogP contribution >= 0.6 is 0 Å². The Balaban J connectivity index is 1.73. The number of alkyl halides is 2. The fourth-order valence-electron chi connectivity index (χ4n) is 3.28. The molecule has 3 aromatic rings. The van der Waals surface area contributed by atoms with E-state index in [1.165, 1.54) is 24.3 Å². The summed E-state index contributed by atoms with van der Waals surface area (Å²) in [6.45, 7) is 4.97. The predicted octanol–water partition coefficient (Wildman–Crippen LogP) is 4.20. The number of carbonyl (C=O) groups is 1. The van der Waals surface area contributed by atoms with Crippen LogP contribution < -0.4 is 10.5 Å². The van der Waals surface area contributed by atoms with Gasteiger partial charge < -0.3 is 15.2 Å². The van der Waals surface area contributed by atoms with Gasteiger partial charge in [-0.15, -0.1) is 0 Å². The van der Waals surface area contributed by atoms with Gasteiger partial charge in [0, 0.05) is 32.1 Å². The number of carbonyl (C=O) groups excluding carboxylic acids is 1. The molecule has 1 amide bonds. The summed E-state index contributed by atoms with van der Waals surface area (Å²) in [6, 6.07) is 12.8. The van der Waals surface area contributed by atoms with Crippen molar-refractivity contribution in [2.75, 3.05) is 7.05 Å². The molecule has 0 fully saturated rings. The molecular weight excluding hydrogens is 442 g/mol. The van der Waals surface area contributed by atoms with Crippen LogP contribution in [0.1, 0.15) is 34.9 Å². The van der Waals surface area contributed by atoms with E-state index < -0.39 is 11.8 Å².